The van der Waals surface area contributed by atoms with E-state index in [4.69, 9.17) is 0 Å². The maximum atomic E-state index is 13.1. The molecule has 0 saturated heterocycles. The third-order valence-electron chi connectivity index (χ3n) is 4.58. The average Bonchev–Trinajstić information content (AvgIpc) is 3.20. The Hall–Kier alpha value is -2.00. The van der Waals surface area contributed by atoms with E-state index in [9.17, 15) is 16.8 Å². The predicted molar refractivity (Wildman–Crippen MR) is 117 cm³/mol. The highest BCUT2D eigenvalue weighted by Gasteiger charge is 2.25. The van der Waals surface area contributed by atoms with Crippen LogP contribution >= 0.6 is 11.3 Å². The molecule has 0 aliphatic heterocycles. The molecule has 0 aliphatic rings. The van der Waals surface area contributed by atoms with Crippen LogP contribution in [-0.2, 0) is 19.9 Å². The Morgan fingerprint density at radius 2 is 1.45 bits per heavy atom. The highest BCUT2D eigenvalue weighted by molar-refractivity contribution is 7.91. The van der Waals surface area contributed by atoms with Crippen LogP contribution in [0.2, 0.25) is 0 Å². The lowest BCUT2D eigenvalue weighted by Gasteiger charge is -2.19. The van der Waals surface area contributed by atoms with Crippen LogP contribution in [0.3, 0.4) is 0 Å². The zero-order chi connectivity index (χ0) is 21.2. The molecule has 1 unspecified atom stereocenters. The van der Waals surface area contributed by atoms with Gasteiger partial charge >= 0.3 is 0 Å². The number of sulfone groups is 1. The van der Waals surface area contributed by atoms with Gasteiger partial charge in [-0.05, 0) is 46.7 Å². The quantitative estimate of drug-likeness (QED) is 0.582. The van der Waals surface area contributed by atoms with Crippen molar-refractivity contribution in [1.29, 1.82) is 0 Å². The number of thiophene rings is 1. The predicted octanol–water partition coefficient (Wildman–Crippen LogP) is 4.34. The monoisotopic (exact) mass is 449 g/mol. The van der Waals surface area contributed by atoms with Gasteiger partial charge in [-0.1, -0.05) is 50.2 Å². The second-order valence-electron chi connectivity index (χ2n) is 7.14. The van der Waals surface area contributed by atoms with E-state index in [1.807, 2.05) is 41.8 Å². The Morgan fingerprint density at radius 1 is 0.828 bits per heavy atom. The minimum atomic E-state index is -3.95. The minimum Gasteiger partial charge on any atom is -0.224 e. The number of benzene rings is 2. The lowest BCUT2D eigenvalue weighted by atomic mass is 9.99. The van der Waals surface area contributed by atoms with Gasteiger partial charge in [-0.25, -0.2) is 16.8 Å². The Kier molecular flexibility index (Phi) is 6.28. The molecule has 0 saturated carbocycles. The summed E-state index contributed by atoms with van der Waals surface area (Å²) in [6.07, 6.45) is 1.05. The van der Waals surface area contributed by atoms with Gasteiger partial charge in [0.05, 0.1) is 15.8 Å². The van der Waals surface area contributed by atoms with Crippen LogP contribution in [0.25, 0.3) is 0 Å². The van der Waals surface area contributed by atoms with E-state index >= 15 is 0 Å². The number of nitrogens with one attached hydrogen (secondary N) is 1. The zero-order valence-electron chi connectivity index (χ0n) is 16.4. The fourth-order valence-electron chi connectivity index (χ4n) is 2.91. The molecule has 0 aliphatic carbocycles. The van der Waals surface area contributed by atoms with Crippen molar-refractivity contribution in [2.24, 2.45) is 0 Å². The summed E-state index contributed by atoms with van der Waals surface area (Å²) in [5.41, 5.74) is 1.99. The van der Waals surface area contributed by atoms with Crippen LogP contribution in [0, 0.1) is 0 Å². The molecular weight excluding hydrogens is 426 g/mol. The van der Waals surface area contributed by atoms with Gasteiger partial charge in [0, 0.05) is 11.1 Å². The van der Waals surface area contributed by atoms with Crippen molar-refractivity contribution in [3.05, 3.63) is 82.0 Å². The van der Waals surface area contributed by atoms with E-state index in [1.54, 1.807) is 0 Å². The van der Waals surface area contributed by atoms with Gasteiger partial charge < -0.3 is 0 Å². The van der Waals surface area contributed by atoms with Crippen LogP contribution in [0.1, 0.15) is 41.8 Å². The molecule has 0 spiro atoms. The number of hydrogen-bond acceptors (Lipinski definition) is 5. The first-order valence-electron chi connectivity index (χ1n) is 9.03. The summed E-state index contributed by atoms with van der Waals surface area (Å²) in [6.45, 7) is 4.20. The van der Waals surface area contributed by atoms with Crippen molar-refractivity contribution in [1.82, 2.24) is 4.72 Å². The molecule has 2 aromatic carbocycles. The van der Waals surface area contributed by atoms with Crippen molar-refractivity contribution < 1.29 is 16.8 Å². The molecule has 154 valence electrons. The van der Waals surface area contributed by atoms with Gasteiger partial charge in [0.15, 0.2) is 9.84 Å². The van der Waals surface area contributed by atoms with Crippen molar-refractivity contribution in [3.8, 4) is 0 Å². The highest BCUT2D eigenvalue weighted by atomic mass is 32.2. The summed E-state index contributed by atoms with van der Waals surface area (Å²) in [6, 6.07) is 16.4. The normalized spacial score (nSPS) is 13.5. The van der Waals surface area contributed by atoms with Crippen LogP contribution in [0.4, 0.5) is 0 Å². The maximum Gasteiger partial charge on any atom is 0.241 e. The molecule has 0 radical (unpaired) electrons. The van der Waals surface area contributed by atoms with E-state index in [2.05, 4.69) is 18.6 Å². The molecule has 8 heteroatoms. The Bertz CT molecular complexity index is 1180. The first kappa shape index (κ1) is 21.7. The van der Waals surface area contributed by atoms with Gasteiger partial charge in [-0.3, -0.25) is 0 Å². The van der Waals surface area contributed by atoms with Gasteiger partial charge in [0.1, 0.15) is 0 Å². The SMILES string of the molecule is CC(C)c1ccc(C(NS(=O)(=O)c2cccc(S(C)(=O)=O)c2)c2cccs2)cc1. The number of sulfonamides is 1. The van der Waals surface area contributed by atoms with Gasteiger partial charge in [0.2, 0.25) is 10.0 Å². The fourth-order valence-corrected chi connectivity index (χ4v) is 5.78. The van der Waals surface area contributed by atoms with E-state index in [1.165, 1.54) is 41.2 Å². The second kappa shape index (κ2) is 8.39. The largest absolute Gasteiger partial charge is 0.241 e. The topological polar surface area (TPSA) is 80.3 Å². The first-order valence-corrected chi connectivity index (χ1v) is 13.3. The van der Waals surface area contributed by atoms with Crippen LogP contribution in [0.5, 0.6) is 0 Å². The van der Waals surface area contributed by atoms with E-state index < -0.39 is 25.9 Å². The molecule has 1 heterocycles. The second-order valence-corrected chi connectivity index (χ2v) is 11.8. The van der Waals surface area contributed by atoms with Crippen molar-refractivity contribution >= 4 is 31.2 Å². The molecule has 1 aromatic heterocycles. The summed E-state index contributed by atoms with van der Waals surface area (Å²) < 4.78 is 52.5. The van der Waals surface area contributed by atoms with Crippen LogP contribution < -0.4 is 4.72 Å². The summed E-state index contributed by atoms with van der Waals surface area (Å²) in [5.74, 6) is 0.375. The maximum absolute atomic E-state index is 13.1. The van der Waals surface area contributed by atoms with Gasteiger partial charge in [-0.15, -0.1) is 11.3 Å². The van der Waals surface area contributed by atoms with Gasteiger partial charge in [0.25, 0.3) is 0 Å². The molecule has 3 aromatic rings. The average molecular weight is 450 g/mol. The molecule has 0 amide bonds. The molecular formula is C21H23NO4S3. The number of hydrogen-bond donors (Lipinski definition) is 1. The van der Waals surface area contributed by atoms with E-state index in [-0.39, 0.29) is 9.79 Å². The molecule has 29 heavy (non-hydrogen) atoms. The third-order valence-corrected chi connectivity index (χ3v) is 8.05. The Balaban J connectivity index is 2.00. The minimum absolute atomic E-state index is 0.0330. The van der Waals surface area contributed by atoms with Crippen molar-refractivity contribution in [2.75, 3.05) is 6.26 Å². The summed E-state index contributed by atoms with van der Waals surface area (Å²) in [5, 5.41) is 1.89. The summed E-state index contributed by atoms with van der Waals surface area (Å²) >= 11 is 1.46. The van der Waals surface area contributed by atoms with Crippen LogP contribution in [0.15, 0.2) is 75.8 Å². The van der Waals surface area contributed by atoms with Crippen LogP contribution in [-0.4, -0.2) is 23.1 Å². The molecule has 1 N–H and O–H groups in total. The third kappa shape index (κ3) is 5.14. The summed E-state index contributed by atoms with van der Waals surface area (Å²) in [4.78, 5) is 0.736. The molecule has 5 nitrogen and oxygen atoms in total. The zero-order valence-corrected chi connectivity index (χ0v) is 18.8. The summed E-state index contributed by atoms with van der Waals surface area (Å²) in [7, 11) is -7.46. The highest BCUT2D eigenvalue weighted by Crippen LogP contribution is 2.29. The lowest BCUT2D eigenvalue weighted by Crippen LogP contribution is -2.29. The van der Waals surface area contributed by atoms with Crippen molar-refractivity contribution in [2.45, 2.75) is 35.6 Å². The number of rotatable bonds is 7. The van der Waals surface area contributed by atoms with E-state index in [0.29, 0.717) is 5.92 Å². The lowest BCUT2D eigenvalue weighted by molar-refractivity contribution is 0.573. The smallest absolute Gasteiger partial charge is 0.224 e. The first-order chi connectivity index (χ1) is 13.6. The Morgan fingerprint density at radius 3 is 2.00 bits per heavy atom. The van der Waals surface area contributed by atoms with Crippen molar-refractivity contribution in [3.63, 3.8) is 0 Å². The Labute approximate surface area is 176 Å². The fraction of sp³-hybridized carbons (Fsp3) is 0.238. The molecule has 0 fully saturated rings. The van der Waals surface area contributed by atoms with E-state index in [0.717, 1.165) is 16.7 Å². The van der Waals surface area contributed by atoms with Gasteiger partial charge in [-0.2, -0.15) is 4.72 Å². The molecule has 0 bridgehead atoms. The standard InChI is InChI=1S/C21H23NO4S3/c1-15(2)16-9-11-17(12-10-16)21(20-8-5-13-27-20)22-29(25,26)19-7-4-6-18(14-19)28(3,23)24/h4-15,21-22H,1-3H3. The molecule has 3 rings (SSSR count). The molecule has 1 atom stereocenters.